The predicted molar refractivity (Wildman–Crippen MR) is 155 cm³/mol. The second-order valence-corrected chi connectivity index (χ2v) is 9.37. The summed E-state index contributed by atoms with van der Waals surface area (Å²) < 4.78 is 10.8. The van der Waals surface area contributed by atoms with Gasteiger partial charge in [0.1, 0.15) is 0 Å². The van der Waals surface area contributed by atoms with Gasteiger partial charge < -0.3 is 14.8 Å². The molecule has 2 amide bonds. The lowest BCUT2D eigenvalue weighted by Gasteiger charge is -2.10. The fraction of sp³-hybridized carbons (Fsp3) is 0.0667. The number of methoxy groups -OCH3 is 1. The topological polar surface area (TPSA) is 106 Å². The molecule has 0 spiro atoms. The van der Waals surface area contributed by atoms with Crippen LogP contribution in [0.15, 0.2) is 90.0 Å². The molecule has 0 saturated heterocycles. The molecule has 0 radical (unpaired) electrons. The van der Waals surface area contributed by atoms with Gasteiger partial charge >= 0.3 is 5.97 Å². The first-order valence-electron chi connectivity index (χ1n) is 11.9. The summed E-state index contributed by atoms with van der Waals surface area (Å²) in [6.07, 6.45) is 1.41. The van der Waals surface area contributed by atoms with Crippen LogP contribution in [-0.4, -0.2) is 31.1 Å². The zero-order valence-electron chi connectivity index (χ0n) is 21.4. The minimum atomic E-state index is -0.675. The smallest absolute Gasteiger partial charge is 0.345 e. The van der Waals surface area contributed by atoms with Crippen LogP contribution in [0.5, 0.6) is 11.5 Å². The number of anilines is 1. The SMILES string of the molecule is COc1cc(C=NNC(=O)c2cccc(NC(=O)c3cccc(C)c3)c2)ccc1OC(=O)c1ccc(Cl)cc1Cl. The Morgan fingerprint density at radius 2 is 1.57 bits per heavy atom. The molecule has 202 valence electrons. The molecule has 4 aromatic carbocycles. The molecule has 0 unspecified atom stereocenters. The molecule has 0 aromatic heterocycles. The summed E-state index contributed by atoms with van der Waals surface area (Å²) >= 11 is 12.0. The monoisotopic (exact) mass is 575 g/mol. The number of hydrazone groups is 1. The number of halogens is 2. The molecular formula is C30H23Cl2N3O5. The summed E-state index contributed by atoms with van der Waals surface area (Å²) in [6.45, 7) is 1.90. The van der Waals surface area contributed by atoms with Gasteiger partial charge in [-0.05, 0) is 79.2 Å². The molecule has 0 fully saturated rings. The van der Waals surface area contributed by atoms with E-state index in [0.717, 1.165) is 5.56 Å². The average Bonchev–Trinajstić information content (AvgIpc) is 2.93. The van der Waals surface area contributed by atoms with E-state index in [1.165, 1.54) is 37.6 Å². The van der Waals surface area contributed by atoms with Crippen molar-refractivity contribution in [1.29, 1.82) is 0 Å². The number of benzene rings is 4. The largest absolute Gasteiger partial charge is 0.493 e. The summed E-state index contributed by atoms with van der Waals surface area (Å²) in [5.74, 6) is -0.986. The first kappa shape index (κ1) is 28.4. The molecule has 4 rings (SSSR count). The van der Waals surface area contributed by atoms with Gasteiger partial charge in [0, 0.05) is 21.8 Å². The van der Waals surface area contributed by atoms with Gasteiger partial charge in [0.2, 0.25) is 0 Å². The molecule has 4 aromatic rings. The van der Waals surface area contributed by atoms with Gasteiger partial charge in [-0.2, -0.15) is 5.10 Å². The van der Waals surface area contributed by atoms with Crippen LogP contribution in [-0.2, 0) is 0 Å². The molecule has 10 heteroatoms. The van der Waals surface area contributed by atoms with Gasteiger partial charge in [-0.3, -0.25) is 9.59 Å². The summed E-state index contributed by atoms with van der Waals surface area (Å²) in [6, 6.07) is 22.9. The van der Waals surface area contributed by atoms with Crippen LogP contribution in [0.2, 0.25) is 10.0 Å². The number of carbonyl (C=O) groups is 3. The number of nitrogens with one attached hydrogen (secondary N) is 2. The highest BCUT2D eigenvalue weighted by molar-refractivity contribution is 6.36. The van der Waals surface area contributed by atoms with E-state index < -0.39 is 11.9 Å². The molecule has 0 bridgehead atoms. The van der Waals surface area contributed by atoms with E-state index in [1.54, 1.807) is 54.6 Å². The number of nitrogens with zero attached hydrogens (tertiary/aromatic N) is 1. The molecule has 8 nitrogen and oxygen atoms in total. The van der Waals surface area contributed by atoms with Crippen LogP contribution in [0.1, 0.15) is 42.2 Å². The van der Waals surface area contributed by atoms with Crippen molar-refractivity contribution in [3.8, 4) is 11.5 Å². The lowest BCUT2D eigenvalue weighted by atomic mass is 10.1. The number of hydrogen-bond acceptors (Lipinski definition) is 6. The minimum Gasteiger partial charge on any atom is -0.493 e. The molecule has 0 aliphatic carbocycles. The normalized spacial score (nSPS) is 10.7. The van der Waals surface area contributed by atoms with E-state index in [1.807, 2.05) is 13.0 Å². The van der Waals surface area contributed by atoms with Crippen molar-refractivity contribution in [2.75, 3.05) is 12.4 Å². The molecule has 0 saturated carbocycles. The summed E-state index contributed by atoms with van der Waals surface area (Å²) in [4.78, 5) is 37.7. The number of ether oxygens (including phenoxy) is 2. The third-order valence-electron chi connectivity index (χ3n) is 5.58. The number of aryl methyl sites for hydroxylation is 1. The molecule has 0 aliphatic rings. The van der Waals surface area contributed by atoms with Crippen LogP contribution in [0.3, 0.4) is 0 Å². The fourth-order valence-electron chi connectivity index (χ4n) is 3.62. The van der Waals surface area contributed by atoms with Crippen molar-refractivity contribution in [1.82, 2.24) is 5.43 Å². The Balaban J connectivity index is 1.39. The first-order valence-corrected chi connectivity index (χ1v) is 12.7. The maximum absolute atomic E-state index is 12.6. The van der Waals surface area contributed by atoms with Gasteiger partial charge in [0.05, 0.1) is 23.9 Å². The van der Waals surface area contributed by atoms with Gasteiger partial charge in [-0.25, -0.2) is 10.2 Å². The average molecular weight is 576 g/mol. The van der Waals surface area contributed by atoms with Crippen LogP contribution in [0, 0.1) is 6.92 Å². The van der Waals surface area contributed by atoms with Crippen LogP contribution in [0.4, 0.5) is 5.69 Å². The molecule has 40 heavy (non-hydrogen) atoms. The Hall–Kier alpha value is -4.66. The van der Waals surface area contributed by atoms with Crippen LogP contribution < -0.4 is 20.2 Å². The number of carbonyl (C=O) groups excluding carboxylic acids is 3. The Bertz CT molecular complexity index is 1620. The van der Waals surface area contributed by atoms with Crippen molar-refractivity contribution in [3.63, 3.8) is 0 Å². The second kappa shape index (κ2) is 12.9. The van der Waals surface area contributed by atoms with E-state index in [2.05, 4.69) is 15.8 Å². The quantitative estimate of drug-likeness (QED) is 0.107. The van der Waals surface area contributed by atoms with Crippen molar-refractivity contribution in [2.24, 2.45) is 5.10 Å². The van der Waals surface area contributed by atoms with Gasteiger partial charge in [0.15, 0.2) is 11.5 Å². The summed E-state index contributed by atoms with van der Waals surface area (Å²) in [5.41, 5.74) is 5.43. The second-order valence-electron chi connectivity index (χ2n) is 8.53. The minimum absolute atomic E-state index is 0.153. The zero-order chi connectivity index (χ0) is 28.6. The van der Waals surface area contributed by atoms with Gasteiger partial charge in [0.25, 0.3) is 11.8 Å². The maximum atomic E-state index is 12.6. The number of rotatable bonds is 8. The van der Waals surface area contributed by atoms with E-state index in [0.29, 0.717) is 27.4 Å². The van der Waals surface area contributed by atoms with E-state index in [4.69, 9.17) is 32.7 Å². The van der Waals surface area contributed by atoms with Crippen molar-refractivity contribution >= 4 is 52.9 Å². The lowest BCUT2D eigenvalue weighted by Crippen LogP contribution is -2.18. The molecule has 0 aliphatic heterocycles. The summed E-state index contributed by atoms with van der Waals surface area (Å²) in [5, 5.41) is 7.34. The van der Waals surface area contributed by atoms with E-state index >= 15 is 0 Å². The van der Waals surface area contributed by atoms with Gasteiger partial charge in [-0.15, -0.1) is 0 Å². The lowest BCUT2D eigenvalue weighted by molar-refractivity contribution is 0.0729. The molecule has 0 heterocycles. The molecule has 0 atom stereocenters. The van der Waals surface area contributed by atoms with Gasteiger partial charge in [-0.1, -0.05) is 47.0 Å². The van der Waals surface area contributed by atoms with Crippen LogP contribution >= 0.6 is 23.2 Å². The van der Waals surface area contributed by atoms with Crippen molar-refractivity contribution < 1.29 is 23.9 Å². The number of amides is 2. The Labute approximate surface area is 240 Å². The number of esters is 1. The van der Waals surface area contributed by atoms with E-state index in [-0.39, 0.29) is 28.0 Å². The standard InChI is InChI=1S/C30H23Cl2N3O5/c1-18-5-3-6-20(13-18)28(36)34-23-8-4-7-21(15-23)29(37)35-33-17-19-9-12-26(27(14-19)39-2)40-30(38)24-11-10-22(31)16-25(24)32/h3-17H,1-2H3,(H,34,36)(H,35,37). The highest BCUT2D eigenvalue weighted by atomic mass is 35.5. The number of hydrogen-bond donors (Lipinski definition) is 2. The zero-order valence-corrected chi connectivity index (χ0v) is 22.9. The van der Waals surface area contributed by atoms with E-state index in [9.17, 15) is 14.4 Å². The van der Waals surface area contributed by atoms with Crippen molar-refractivity contribution in [3.05, 3.63) is 123 Å². The van der Waals surface area contributed by atoms with Crippen LogP contribution in [0.25, 0.3) is 0 Å². The van der Waals surface area contributed by atoms with Crippen molar-refractivity contribution in [2.45, 2.75) is 6.92 Å². The molecule has 2 N–H and O–H groups in total. The third-order valence-corrected chi connectivity index (χ3v) is 6.13. The fourth-order valence-corrected chi connectivity index (χ4v) is 4.10. The Kier molecular flexibility index (Phi) is 9.16. The third kappa shape index (κ3) is 7.25. The highest BCUT2D eigenvalue weighted by Crippen LogP contribution is 2.30. The summed E-state index contributed by atoms with van der Waals surface area (Å²) in [7, 11) is 1.43. The predicted octanol–water partition coefficient (Wildman–Crippen LogP) is 6.55. The Morgan fingerprint density at radius 3 is 2.30 bits per heavy atom. The Morgan fingerprint density at radius 1 is 0.825 bits per heavy atom. The first-order chi connectivity index (χ1) is 19.2. The highest BCUT2D eigenvalue weighted by Gasteiger charge is 2.16. The molecular weight excluding hydrogens is 553 g/mol. The maximum Gasteiger partial charge on any atom is 0.345 e.